The van der Waals surface area contributed by atoms with Crippen LogP contribution in [0.4, 0.5) is 5.69 Å². The molecule has 0 unspecified atom stereocenters. The second kappa shape index (κ2) is 5.30. The number of esters is 1. The molecule has 1 aromatic carbocycles. The van der Waals surface area contributed by atoms with Crippen molar-refractivity contribution in [2.45, 2.75) is 20.3 Å². The van der Waals surface area contributed by atoms with E-state index < -0.39 is 5.97 Å². The van der Waals surface area contributed by atoms with Crippen molar-refractivity contribution in [1.29, 1.82) is 0 Å². The van der Waals surface area contributed by atoms with Crippen molar-refractivity contribution >= 4 is 17.4 Å². The number of anilines is 1. The molecule has 1 rings (SSSR count). The maximum Gasteiger partial charge on any atom is 0.338 e. The Balaban J connectivity index is 3.17. The fourth-order valence-electron chi connectivity index (χ4n) is 1.37. The van der Waals surface area contributed by atoms with Gasteiger partial charge in [-0.05, 0) is 25.1 Å². The largest absolute Gasteiger partial charge is 0.462 e. The normalized spacial score (nSPS) is 9.88. The summed E-state index contributed by atoms with van der Waals surface area (Å²) in [6.45, 7) is 3.74. The van der Waals surface area contributed by atoms with Gasteiger partial charge in [-0.3, -0.25) is 4.79 Å². The predicted molar refractivity (Wildman–Crippen MR) is 61.4 cm³/mol. The lowest BCUT2D eigenvalue weighted by Gasteiger charge is -2.07. The molecule has 4 heteroatoms. The SMILES string of the molecule is CCOC(=O)c1ccc(N)cc1C(=O)CC. The number of nitrogens with two attached hydrogens (primary N) is 1. The maximum atomic E-state index is 11.6. The number of carbonyl (C=O) groups excluding carboxylic acids is 2. The van der Waals surface area contributed by atoms with Gasteiger partial charge in [-0.2, -0.15) is 0 Å². The monoisotopic (exact) mass is 221 g/mol. The van der Waals surface area contributed by atoms with Gasteiger partial charge < -0.3 is 10.5 Å². The van der Waals surface area contributed by atoms with Crippen LogP contribution in [0.25, 0.3) is 0 Å². The van der Waals surface area contributed by atoms with Crippen molar-refractivity contribution in [3.63, 3.8) is 0 Å². The standard InChI is InChI=1S/C12H15NO3/c1-3-11(14)10-7-8(13)5-6-9(10)12(15)16-4-2/h5-7H,3-4,13H2,1-2H3. The Hall–Kier alpha value is -1.84. The Labute approximate surface area is 94.4 Å². The van der Waals surface area contributed by atoms with Gasteiger partial charge in [0.2, 0.25) is 0 Å². The highest BCUT2D eigenvalue weighted by Crippen LogP contribution is 2.16. The molecule has 4 nitrogen and oxygen atoms in total. The Morgan fingerprint density at radius 1 is 1.25 bits per heavy atom. The van der Waals surface area contributed by atoms with E-state index in [1.807, 2.05) is 0 Å². The lowest BCUT2D eigenvalue weighted by atomic mass is 10.0. The van der Waals surface area contributed by atoms with Crippen molar-refractivity contribution in [3.05, 3.63) is 29.3 Å². The Morgan fingerprint density at radius 3 is 2.50 bits per heavy atom. The molecule has 16 heavy (non-hydrogen) atoms. The van der Waals surface area contributed by atoms with Crippen molar-refractivity contribution in [1.82, 2.24) is 0 Å². The average molecular weight is 221 g/mol. The Morgan fingerprint density at radius 2 is 1.94 bits per heavy atom. The smallest absolute Gasteiger partial charge is 0.338 e. The first kappa shape index (κ1) is 12.2. The van der Waals surface area contributed by atoms with Gasteiger partial charge in [-0.25, -0.2) is 4.79 Å². The van der Waals surface area contributed by atoms with E-state index in [0.29, 0.717) is 17.7 Å². The fourth-order valence-corrected chi connectivity index (χ4v) is 1.37. The van der Waals surface area contributed by atoms with E-state index in [9.17, 15) is 9.59 Å². The van der Waals surface area contributed by atoms with Gasteiger partial charge in [0, 0.05) is 17.7 Å². The third-order valence-corrected chi connectivity index (χ3v) is 2.16. The summed E-state index contributed by atoms with van der Waals surface area (Å²) in [7, 11) is 0. The van der Waals surface area contributed by atoms with Gasteiger partial charge in [0.15, 0.2) is 5.78 Å². The summed E-state index contributed by atoms with van der Waals surface area (Å²) in [5, 5.41) is 0. The molecule has 0 fully saturated rings. The second-order valence-corrected chi connectivity index (χ2v) is 3.30. The van der Waals surface area contributed by atoms with E-state index in [4.69, 9.17) is 10.5 Å². The maximum absolute atomic E-state index is 11.6. The third-order valence-electron chi connectivity index (χ3n) is 2.16. The van der Waals surface area contributed by atoms with E-state index >= 15 is 0 Å². The Kier molecular flexibility index (Phi) is 4.05. The number of hydrogen-bond donors (Lipinski definition) is 1. The molecule has 86 valence electrons. The van der Waals surface area contributed by atoms with Crippen LogP contribution in [0.5, 0.6) is 0 Å². The highest BCUT2D eigenvalue weighted by atomic mass is 16.5. The van der Waals surface area contributed by atoms with Gasteiger partial charge in [0.1, 0.15) is 0 Å². The first-order chi connectivity index (χ1) is 7.60. The molecular formula is C12H15NO3. The highest BCUT2D eigenvalue weighted by molar-refractivity contribution is 6.06. The summed E-state index contributed by atoms with van der Waals surface area (Å²) in [4.78, 5) is 23.2. The van der Waals surface area contributed by atoms with E-state index in [0.717, 1.165) is 0 Å². The first-order valence-electron chi connectivity index (χ1n) is 5.20. The molecule has 0 saturated carbocycles. The van der Waals surface area contributed by atoms with Crippen LogP contribution in [-0.4, -0.2) is 18.4 Å². The van der Waals surface area contributed by atoms with Crippen LogP contribution in [0, 0.1) is 0 Å². The van der Waals surface area contributed by atoms with Crippen molar-refractivity contribution < 1.29 is 14.3 Å². The summed E-state index contributed by atoms with van der Waals surface area (Å²) < 4.78 is 4.87. The quantitative estimate of drug-likeness (QED) is 0.480. The average Bonchev–Trinajstić information content (AvgIpc) is 2.28. The van der Waals surface area contributed by atoms with Gasteiger partial charge in [0.25, 0.3) is 0 Å². The van der Waals surface area contributed by atoms with E-state index in [1.165, 1.54) is 12.1 Å². The minimum absolute atomic E-state index is 0.115. The van der Waals surface area contributed by atoms with Gasteiger partial charge >= 0.3 is 5.97 Å². The number of rotatable bonds is 4. The first-order valence-corrected chi connectivity index (χ1v) is 5.20. The molecule has 0 amide bonds. The minimum atomic E-state index is -0.487. The molecule has 0 bridgehead atoms. The molecule has 0 aliphatic heterocycles. The molecule has 0 aliphatic carbocycles. The molecule has 0 saturated heterocycles. The van der Waals surface area contributed by atoms with Crippen LogP contribution in [0.3, 0.4) is 0 Å². The van der Waals surface area contributed by atoms with Crippen LogP contribution >= 0.6 is 0 Å². The van der Waals surface area contributed by atoms with E-state index in [-0.39, 0.29) is 18.0 Å². The lowest BCUT2D eigenvalue weighted by molar-refractivity contribution is 0.0523. The molecule has 1 aromatic rings. The molecule has 2 N–H and O–H groups in total. The minimum Gasteiger partial charge on any atom is -0.462 e. The zero-order chi connectivity index (χ0) is 12.1. The number of ether oxygens (including phenoxy) is 1. The number of hydrogen-bond acceptors (Lipinski definition) is 4. The van der Waals surface area contributed by atoms with Gasteiger partial charge in [-0.15, -0.1) is 0 Å². The number of carbonyl (C=O) groups is 2. The van der Waals surface area contributed by atoms with Crippen molar-refractivity contribution in [3.8, 4) is 0 Å². The summed E-state index contributed by atoms with van der Waals surface area (Å²) in [6, 6.07) is 4.62. The zero-order valence-corrected chi connectivity index (χ0v) is 9.45. The predicted octanol–water partition coefficient (Wildman–Crippen LogP) is 2.04. The van der Waals surface area contributed by atoms with E-state index in [1.54, 1.807) is 19.9 Å². The fraction of sp³-hybridized carbons (Fsp3) is 0.333. The topological polar surface area (TPSA) is 69.4 Å². The molecule has 0 atom stereocenters. The summed E-state index contributed by atoms with van der Waals surface area (Å²) in [5.74, 6) is -0.602. The number of ketones is 1. The van der Waals surface area contributed by atoms with Crippen molar-refractivity contribution in [2.75, 3.05) is 12.3 Å². The molecule has 0 radical (unpaired) electrons. The summed E-state index contributed by atoms with van der Waals surface area (Å²) >= 11 is 0. The van der Waals surface area contributed by atoms with Gasteiger partial charge in [-0.1, -0.05) is 6.92 Å². The van der Waals surface area contributed by atoms with Crippen LogP contribution in [0.1, 0.15) is 41.0 Å². The number of nitrogen functional groups attached to an aromatic ring is 1. The molecule has 0 spiro atoms. The number of benzene rings is 1. The van der Waals surface area contributed by atoms with Gasteiger partial charge in [0.05, 0.1) is 12.2 Å². The summed E-state index contributed by atoms with van der Waals surface area (Å²) in [6.07, 6.45) is 0.329. The zero-order valence-electron chi connectivity index (χ0n) is 9.45. The second-order valence-electron chi connectivity index (χ2n) is 3.30. The van der Waals surface area contributed by atoms with Crippen LogP contribution in [0.2, 0.25) is 0 Å². The van der Waals surface area contributed by atoms with Crippen LogP contribution < -0.4 is 5.73 Å². The third kappa shape index (κ3) is 2.59. The summed E-state index contributed by atoms with van der Waals surface area (Å²) in [5.41, 5.74) is 6.67. The Bertz CT molecular complexity index is 413. The molecule has 0 aliphatic rings. The van der Waals surface area contributed by atoms with Crippen LogP contribution in [-0.2, 0) is 4.74 Å². The molecular weight excluding hydrogens is 206 g/mol. The molecule has 0 aromatic heterocycles. The van der Waals surface area contributed by atoms with Crippen molar-refractivity contribution in [2.24, 2.45) is 0 Å². The van der Waals surface area contributed by atoms with E-state index in [2.05, 4.69) is 0 Å². The molecule has 0 heterocycles. The van der Waals surface area contributed by atoms with Crippen LogP contribution in [0.15, 0.2) is 18.2 Å². The lowest BCUT2D eigenvalue weighted by Crippen LogP contribution is -2.12. The highest BCUT2D eigenvalue weighted by Gasteiger charge is 2.16. The number of Topliss-reactive ketones (excluding diaryl/α,β-unsaturated/α-hetero) is 1.